The van der Waals surface area contributed by atoms with Crippen LogP contribution in [0.25, 0.3) is 0 Å². The van der Waals surface area contributed by atoms with Gasteiger partial charge >= 0.3 is 5.97 Å². The Balaban J connectivity index is 1.76. The predicted octanol–water partition coefficient (Wildman–Crippen LogP) is 5.17. The maximum absolute atomic E-state index is 12.1. The summed E-state index contributed by atoms with van der Waals surface area (Å²) in [5.41, 5.74) is 0.339. The van der Waals surface area contributed by atoms with Gasteiger partial charge in [-0.3, -0.25) is 4.79 Å². The minimum Gasteiger partial charge on any atom is -0.462 e. The van der Waals surface area contributed by atoms with Gasteiger partial charge in [0.15, 0.2) is 0 Å². The van der Waals surface area contributed by atoms with Crippen LogP contribution in [0.5, 0.6) is 0 Å². The molecule has 0 aromatic rings. The molecule has 0 unspecified atom stereocenters. The summed E-state index contributed by atoms with van der Waals surface area (Å²) in [6.07, 6.45) is 17.3. The first-order valence-corrected chi connectivity index (χ1v) is 8.54. The highest BCUT2D eigenvalue weighted by atomic mass is 16.5. The number of esters is 1. The minimum atomic E-state index is 0.0333. The summed E-state index contributed by atoms with van der Waals surface area (Å²) in [6, 6.07) is 0. The molecule has 2 aliphatic rings. The Hall–Kier alpha value is -0.790. The molecule has 20 heavy (non-hydrogen) atoms. The molecule has 0 atom stereocenters. The van der Waals surface area contributed by atoms with Crippen LogP contribution in [-0.4, -0.2) is 12.1 Å². The lowest BCUT2D eigenvalue weighted by Crippen LogP contribution is -2.26. The van der Waals surface area contributed by atoms with Crippen LogP contribution in [-0.2, 0) is 9.53 Å². The van der Waals surface area contributed by atoms with Crippen LogP contribution in [0.1, 0.15) is 83.5 Å². The van der Waals surface area contributed by atoms with Gasteiger partial charge in [-0.2, -0.15) is 0 Å². The summed E-state index contributed by atoms with van der Waals surface area (Å²) >= 11 is 0. The fraction of sp³-hybridized carbons (Fsp3) is 0.833. The van der Waals surface area contributed by atoms with Gasteiger partial charge in [0, 0.05) is 6.42 Å². The first-order valence-electron chi connectivity index (χ1n) is 8.54. The molecule has 0 aromatic heterocycles. The van der Waals surface area contributed by atoms with Gasteiger partial charge in [-0.05, 0) is 56.8 Å². The third-order valence-corrected chi connectivity index (χ3v) is 5.20. The molecule has 2 nitrogen and oxygen atoms in total. The van der Waals surface area contributed by atoms with Crippen LogP contribution in [0.15, 0.2) is 12.7 Å². The van der Waals surface area contributed by atoms with E-state index in [1.807, 2.05) is 6.08 Å². The monoisotopic (exact) mass is 278 g/mol. The van der Waals surface area contributed by atoms with Crippen molar-refractivity contribution in [3.05, 3.63) is 12.7 Å². The van der Waals surface area contributed by atoms with Crippen LogP contribution in [0.4, 0.5) is 0 Å². The maximum atomic E-state index is 12.1. The van der Waals surface area contributed by atoms with E-state index < -0.39 is 0 Å². The van der Waals surface area contributed by atoms with Crippen molar-refractivity contribution in [3.8, 4) is 0 Å². The zero-order valence-electron chi connectivity index (χ0n) is 12.9. The lowest BCUT2D eigenvalue weighted by Gasteiger charge is -2.36. The van der Waals surface area contributed by atoms with Crippen LogP contribution in [0.3, 0.4) is 0 Å². The predicted molar refractivity (Wildman–Crippen MR) is 82.5 cm³/mol. The Morgan fingerprint density at radius 2 is 1.75 bits per heavy atom. The van der Waals surface area contributed by atoms with E-state index in [0.717, 1.165) is 25.7 Å². The molecule has 2 rings (SSSR count). The van der Waals surface area contributed by atoms with Gasteiger partial charge in [0.25, 0.3) is 0 Å². The van der Waals surface area contributed by atoms with Crippen LogP contribution < -0.4 is 0 Å². The van der Waals surface area contributed by atoms with Gasteiger partial charge < -0.3 is 4.74 Å². The SMILES string of the molecule is C=CCC1(CCC(=O)OC2CCCCC2)CCCCC1. The molecule has 0 heterocycles. The number of rotatable bonds is 6. The first kappa shape index (κ1) is 15.6. The number of hydrogen-bond acceptors (Lipinski definition) is 2. The summed E-state index contributed by atoms with van der Waals surface area (Å²) in [6.45, 7) is 3.90. The molecular formula is C18H30O2. The van der Waals surface area contributed by atoms with Crippen LogP contribution in [0, 0.1) is 5.41 Å². The molecule has 2 fully saturated rings. The maximum Gasteiger partial charge on any atom is 0.306 e. The smallest absolute Gasteiger partial charge is 0.306 e. The second kappa shape index (κ2) is 7.85. The molecule has 0 aromatic carbocycles. The van der Waals surface area contributed by atoms with E-state index >= 15 is 0 Å². The molecule has 114 valence electrons. The minimum absolute atomic E-state index is 0.0333. The molecule has 0 amide bonds. The van der Waals surface area contributed by atoms with E-state index in [0.29, 0.717) is 11.8 Å². The van der Waals surface area contributed by atoms with Crippen molar-refractivity contribution in [2.24, 2.45) is 5.41 Å². The van der Waals surface area contributed by atoms with E-state index in [1.54, 1.807) is 0 Å². The third-order valence-electron chi connectivity index (χ3n) is 5.20. The Labute approximate surface area is 124 Å². The molecule has 0 spiro atoms. The fourth-order valence-corrected chi connectivity index (χ4v) is 3.96. The molecule has 0 aliphatic heterocycles. The highest BCUT2D eigenvalue weighted by molar-refractivity contribution is 5.69. The number of carbonyl (C=O) groups is 1. The van der Waals surface area contributed by atoms with Gasteiger partial charge in [0.05, 0.1) is 0 Å². The highest BCUT2D eigenvalue weighted by Gasteiger charge is 2.31. The van der Waals surface area contributed by atoms with Crippen molar-refractivity contribution in [2.45, 2.75) is 89.6 Å². The molecule has 0 saturated heterocycles. The van der Waals surface area contributed by atoms with Gasteiger partial charge in [-0.1, -0.05) is 31.8 Å². The second-order valence-electron chi connectivity index (χ2n) is 6.80. The third kappa shape index (κ3) is 4.64. The van der Waals surface area contributed by atoms with Gasteiger partial charge in [-0.15, -0.1) is 6.58 Å². The molecule has 2 saturated carbocycles. The molecule has 0 radical (unpaired) electrons. The summed E-state index contributed by atoms with van der Waals surface area (Å²) in [4.78, 5) is 12.1. The van der Waals surface area contributed by atoms with Gasteiger partial charge in [0.2, 0.25) is 0 Å². The summed E-state index contributed by atoms with van der Waals surface area (Å²) < 4.78 is 5.64. The first-order chi connectivity index (χ1) is 9.74. The molecular weight excluding hydrogens is 248 g/mol. The number of ether oxygens (including phenoxy) is 1. The lowest BCUT2D eigenvalue weighted by atomic mass is 9.69. The average molecular weight is 278 g/mol. The second-order valence-corrected chi connectivity index (χ2v) is 6.80. The Morgan fingerprint density at radius 3 is 2.40 bits per heavy atom. The van der Waals surface area contributed by atoms with Crippen molar-refractivity contribution < 1.29 is 9.53 Å². The molecule has 0 N–H and O–H groups in total. The summed E-state index contributed by atoms with van der Waals surface area (Å²) in [7, 11) is 0. The largest absolute Gasteiger partial charge is 0.462 e. The van der Waals surface area contributed by atoms with Crippen LogP contribution in [0.2, 0.25) is 0 Å². The van der Waals surface area contributed by atoms with Crippen molar-refractivity contribution in [1.29, 1.82) is 0 Å². The number of carbonyl (C=O) groups excluding carboxylic acids is 1. The number of hydrogen-bond donors (Lipinski definition) is 0. The Kier molecular flexibility index (Phi) is 6.12. The van der Waals surface area contributed by atoms with Gasteiger partial charge in [0.1, 0.15) is 6.10 Å². The van der Waals surface area contributed by atoms with E-state index in [9.17, 15) is 4.79 Å². The number of allylic oxidation sites excluding steroid dienone is 1. The summed E-state index contributed by atoms with van der Waals surface area (Å²) in [5.74, 6) is 0.0333. The van der Waals surface area contributed by atoms with Crippen LogP contribution >= 0.6 is 0 Å². The highest BCUT2D eigenvalue weighted by Crippen LogP contribution is 2.43. The summed E-state index contributed by atoms with van der Waals surface area (Å²) in [5, 5.41) is 0. The van der Waals surface area contributed by atoms with E-state index in [1.165, 1.54) is 51.4 Å². The van der Waals surface area contributed by atoms with Crippen molar-refractivity contribution in [1.82, 2.24) is 0 Å². The quantitative estimate of drug-likeness (QED) is 0.495. The Bertz CT molecular complexity index is 309. The van der Waals surface area contributed by atoms with Gasteiger partial charge in [-0.25, -0.2) is 0 Å². The van der Waals surface area contributed by atoms with E-state index in [-0.39, 0.29) is 12.1 Å². The molecule has 2 heteroatoms. The zero-order valence-corrected chi connectivity index (χ0v) is 12.9. The lowest BCUT2D eigenvalue weighted by molar-refractivity contribution is -0.151. The van der Waals surface area contributed by atoms with Crippen molar-refractivity contribution in [3.63, 3.8) is 0 Å². The topological polar surface area (TPSA) is 26.3 Å². The normalized spacial score (nSPS) is 23.2. The molecule has 0 bridgehead atoms. The van der Waals surface area contributed by atoms with Crippen molar-refractivity contribution in [2.75, 3.05) is 0 Å². The fourth-order valence-electron chi connectivity index (χ4n) is 3.96. The Morgan fingerprint density at radius 1 is 1.10 bits per heavy atom. The average Bonchev–Trinajstić information content (AvgIpc) is 2.48. The van der Waals surface area contributed by atoms with E-state index in [4.69, 9.17) is 4.74 Å². The van der Waals surface area contributed by atoms with E-state index in [2.05, 4.69) is 6.58 Å². The molecule has 2 aliphatic carbocycles. The van der Waals surface area contributed by atoms with Crippen molar-refractivity contribution >= 4 is 5.97 Å². The standard InChI is InChI=1S/C18H30O2/c1-2-12-18(13-7-4-8-14-18)15-11-17(19)20-16-9-5-3-6-10-16/h2,16H,1,3-15H2. The zero-order chi connectivity index (χ0) is 14.3.